The van der Waals surface area contributed by atoms with Crippen LogP contribution in [0.5, 0.6) is 11.6 Å². The summed E-state index contributed by atoms with van der Waals surface area (Å²) in [6.07, 6.45) is 3.13. The number of aliphatic carboxylic acids is 1. The fourth-order valence-corrected chi connectivity index (χ4v) is 1.46. The van der Waals surface area contributed by atoms with E-state index in [9.17, 15) is 4.79 Å². The van der Waals surface area contributed by atoms with E-state index in [-0.39, 0.29) is 5.57 Å². The normalized spacial score (nSPS) is 11.1. The summed E-state index contributed by atoms with van der Waals surface area (Å²) >= 11 is 0. The van der Waals surface area contributed by atoms with E-state index in [1.807, 2.05) is 30.3 Å². The Morgan fingerprint density at radius 1 is 1.21 bits per heavy atom. The second-order valence-corrected chi connectivity index (χ2v) is 3.98. The summed E-state index contributed by atoms with van der Waals surface area (Å²) in [5, 5.41) is 8.78. The van der Waals surface area contributed by atoms with Gasteiger partial charge in [-0.05, 0) is 36.8 Å². The van der Waals surface area contributed by atoms with Crippen molar-refractivity contribution in [1.29, 1.82) is 0 Å². The van der Waals surface area contributed by atoms with Crippen molar-refractivity contribution < 1.29 is 14.6 Å². The summed E-state index contributed by atoms with van der Waals surface area (Å²) < 4.78 is 5.54. The second-order valence-electron chi connectivity index (χ2n) is 3.98. The predicted molar refractivity (Wildman–Crippen MR) is 72.0 cm³/mol. The summed E-state index contributed by atoms with van der Waals surface area (Å²) in [4.78, 5) is 14.8. The van der Waals surface area contributed by atoms with E-state index in [1.54, 1.807) is 24.4 Å². The van der Waals surface area contributed by atoms with Gasteiger partial charge >= 0.3 is 5.97 Å². The molecule has 0 spiro atoms. The summed E-state index contributed by atoms with van der Waals surface area (Å²) in [5.41, 5.74) is 0.985. The molecule has 0 aliphatic carbocycles. The molecule has 0 aliphatic rings. The van der Waals surface area contributed by atoms with Crippen LogP contribution in [0.2, 0.25) is 0 Å². The van der Waals surface area contributed by atoms with Gasteiger partial charge in [-0.15, -0.1) is 0 Å². The predicted octanol–water partition coefficient (Wildman–Crippen LogP) is 3.36. The molecule has 19 heavy (non-hydrogen) atoms. The summed E-state index contributed by atoms with van der Waals surface area (Å²) in [5.74, 6) is 0.237. The summed E-state index contributed by atoms with van der Waals surface area (Å²) in [7, 11) is 0. The monoisotopic (exact) mass is 255 g/mol. The molecule has 1 aromatic carbocycles. The van der Waals surface area contributed by atoms with Crippen LogP contribution >= 0.6 is 0 Å². The lowest BCUT2D eigenvalue weighted by Crippen LogP contribution is -1.95. The zero-order valence-electron chi connectivity index (χ0n) is 10.4. The number of carbonyl (C=O) groups is 1. The van der Waals surface area contributed by atoms with Crippen molar-refractivity contribution in [2.45, 2.75) is 6.92 Å². The van der Waals surface area contributed by atoms with E-state index in [0.29, 0.717) is 11.6 Å². The van der Waals surface area contributed by atoms with E-state index in [2.05, 4.69) is 4.98 Å². The molecule has 0 atom stereocenters. The van der Waals surface area contributed by atoms with Crippen molar-refractivity contribution in [3.8, 4) is 11.6 Å². The molecule has 1 N–H and O–H groups in total. The Hall–Kier alpha value is -2.62. The zero-order chi connectivity index (χ0) is 13.7. The average Bonchev–Trinajstić information content (AvgIpc) is 2.42. The van der Waals surface area contributed by atoms with Gasteiger partial charge in [-0.1, -0.05) is 18.2 Å². The highest BCUT2D eigenvalue weighted by atomic mass is 16.5. The van der Waals surface area contributed by atoms with E-state index in [1.165, 1.54) is 6.92 Å². The molecule has 2 rings (SSSR count). The molecule has 0 unspecified atom stereocenters. The first-order chi connectivity index (χ1) is 9.15. The smallest absolute Gasteiger partial charge is 0.331 e. The number of aromatic nitrogens is 1. The van der Waals surface area contributed by atoms with Crippen LogP contribution in [0.4, 0.5) is 0 Å². The highest BCUT2D eigenvalue weighted by Crippen LogP contribution is 2.19. The van der Waals surface area contributed by atoms with Gasteiger partial charge in [-0.3, -0.25) is 0 Å². The van der Waals surface area contributed by atoms with Crippen molar-refractivity contribution in [1.82, 2.24) is 4.98 Å². The van der Waals surface area contributed by atoms with Gasteiger partial charge in [0.25, 0.3) is 0 Å². The van der Waals surface area contributed by atoms with Gasteiger partial charge < -0.3 is 9.84 Å². The van der Waals surface area contributed by atoms with E-state index >= 15 is 0 Å². The minimum Gasteiger partial charge on any atom is -0.478 e. The Morgan fingerprint density at radius 2 is 1.95 bits per heavy atom. The maximum Gasteiger partial charge on any atom is 0.331 e. The van der Waals surface area contributed by atoms with Crippen LogP contribution in [0.1, 0.15) is 12.5 Å². The number of ether oxygens (including phenoxy) is 1. The standard InChI is InChI=1S/C15H13NO3/c1-11(15(17)18)9-12-7-8-14(16-10-12)19-13-5-3-2-4-6-13/h2-10H,1H3,(H,17,18)/b11-9+. The molecule has 0 aliphatic heterocycles. The molecular formula is C15H13NO3. The van der Waals surface area contributed by atoms with Crippen molar-refractivity contribution in [3.05, 3.63) is 59.8 Å². The Morgan fingerprint density at radius 3 is 2.53 bits per heavy atom. The second kappa shape index (κ2) is 5.82. The molecule has 96 valence electrons. The van der Waals surface area contributed by atoms with Gasteiger partial charge in [-0.25, -0.2) is 9.78 Å². The maximum atomic E-state index is 10.7. The third-order valence-corrected chi connectivity index (χ3v) is 2.45. The first-order valence-electron chi connectivity index (χ1n) is 5.76. The molecule has 0 radical (unpaired) electrons. The maximum absolute atomic E-state index is 10.7. The van der Waals surface area contributed by atoms with Crippen molar-refractivity contribution in [2.24, 2.45) is 0 Å². The lowest BCUT2D eigenvalue weighted by atomic mass is 10.2. The van der Waals surface area contributed by atoms with Gasteiger partial charge in [0, 0.05) is 17.8 Å². The average molecular weight is 255 g/mol. The van der Waals surface area contributed by atoms with Crippen LogP contribution in [-0.2, 0) is 4.79 Å². The van der Waals surface area contributed by atoms with Crippen LogP contribution in [0.15, 0.2) is 54.2 Å². The zero-order valence-corrected chi connectivity index (χ0v) is 10.4. The lowest BCUT2D eigenvalue weighted by molar-refractivity contribution is -0.132. The molecule has 0 bridgehead atoms. The van der Waals surface area contributed by atoms with Crippen molar-refractivity contribution >= 4 is 12.0 Å². The van der Waals surface area contributed by atoms with Crippen LogP contribution in [0.3, 0.4) is 0 Å². The third kappa shape index (κ3) is 3.67. The molecular weight excluding hydrogens is 242 g/mol. The molecule has 1 aromatic heterocycles. The number of hydrogen-bond acceptors (Lipinski definition) is 3. The number of carboxylic acid groups (broad SMARTS) is 1. The number of nitrogens with zero attached hydrogens (tertiary/aromatic N) is 1. The quantitative estimate of drug-likeness (QED) is 0.851. The third-order valence-electron chi connectivity index (χ3n) is 2.45. The van der Waals surface area contributed by atoms with Crippen molar-refractivity contribution in [3.63, 3.8) is 0 Å². The van der Waals surface area contributed by atoms with Crippen LogP contribution < -0.4 is 4.74 Å². The number of rotatable bonds is 4. The number of pyridine rings is 1. The number of carboxylic acids is 1. The van der Waals surface area contributed by atoms with Gasteiger partial charge in [0.1, 0.15) is 5.75 Å². The Labute approximate surface area is 111 Å². The fraction of sp³-hybridized carbons (Fsp3) is 0.0667. The number of para-hydroxylation sites is 1. The Kier molecular flexibility index (Phi) is 3.93. The fourth-order valence-electron chi connectivity index (χ4n) is 1.46. The number of hydrogen-bond donors (Lipinski definition) is 1. The SMILES string of the molecule is C/C(=C\c1ccc(Oc2ccccc2)nc1)C(=O)O. The molecule has 0 fully saturated rings. The number of benzene rings is 1. The molecule has 2 aromatic rings. The van der Waals surface area contributed by atoms with Gasteiger partial charge in [-0.2, -0.15) is 0 Å². The van der Waals surface area contributed by atoms with Gasteiger partial charge in [0.2, 0.25) is 5.88 Å². The minimum atomic E-state index is -0.940. The highest BCUT2D eigenvalue weighted by molar-refractivity contribution is 5.91. The topological polar surface area (TPSA) is 59.4 Å². The Balaban J connectivity index is 2.11. The lowest BCUT2D eigenvalue weighted by Gasteiger charge is -2.04. The Bertz CT molecular complexity index is 589. The molecule has 4 nitrogen and oxygen atoms in total. The first-order valence-corrected chi connectivity index (χ1v) is 5.76. The molecule has 0 saturated carbocycles. The minimum absolute atomic E-state index is 0.263. The van der Waals surface area contributed by atoms with E-state index in [4.69, 9.17) is 9.84 Å². The molecule has 4 heteroatoms. The molecule has 1 heterocycles. The van der Waals surface area contributed by atoms with Crippen LogP contribution in [-0.4, -0.2) is 16.1 Å². The van der Waals surface area contributed by atoms with Gasteiger partial charge in [0.15, 0.2) is 0 Å². The summed E-state index contributed by atoms with van der Waals surface area (Å²) in [6.45, 7) is 1.54. The molecule has 0 amide bonds. The highest BCUT2D eigenvalue weighted by Gasteiger charge is 2.01. The largest absolute Gasteiger partial charge is 0.478 e. The first kappa shape index (κ1) is 12.8. The van der Waals surface area contributed by atoms with E-state index in [0.717, 1.165) is 5.56 Å². The van der Waals surface area contributed by atoms with Crippen LogP contribution in [0, 0.1) is 0 Å². The van der Waals surface area contributed by atoms with Crippen molar-refractivity contribution in [2.75, 3.05) is 0 Å². The summed E-state index contributed by atoms with van der Waals surface area (Å²) in [6, 6.07) is 12.8. The van der Waals surface area contributed by atoms with Crippen LogP contribution in [0.25, 0.3) is 6.08 Å². The van der Waals surface area contributed by atoms with Gasteiger partial charge in [0.05, 0.1) is 0 Å². The van der Waals surface area contributed by atoms with E-state index < -0.39 is 5.97 Å². The molecule has 0 saturated heterocycles.